The second kappa shape index (κ2) is 9.05. The molecule has 0 unspecified atom stereocenters. The minimum absolute atomic E-state index is 0.0571. The summed E-state index contributed by atoms with van der Waals surface area (Å²) >= 11 is 0. The van der Waals surface area contributed by atoms with Gasteiger partial charge in [-0.3, -0.25) is 14.3 Å². The highest BCUT2D eigenvalue weighted by atomic mass is 16.2. The van der Waals surface area contributed by atoms with Crippen molar-refractivity contribution in [3.63, 3.8) is 0 Å². The Morgan fingerprint density at radius 2 is 1.71 bits per heavy atom. The molecule has 0 saturated carbocycles. The van der Waals surface area contributed by atoms with Crippen LogP contribution in [0.3, 0.4) is 0 Å². The van der Waals surface area contributed by atoms with Gasteiger partial charge in [0.05, 0.1) is 0 Å². The van der Waals surface area contributed by atoms with Crippen molar-refractivity contribution in [3.05, 3.63) is 80.1 Å². The summed E-state index contributed by atoms with van der Waals surface area (Å²) in [6.07, 6.45) is 4.94. The quantitative estimate of drug-likeness (QED) is 0.562. The maximum atomic E-state index is 12.6. The van der Waals surface area contributed by atoms with Crippen molar-refractivity contribution in [2.75, 3.05) is 0 Å². The number of hydrogen-bond acceptors (Lipinski definition) is 2. The first-order chi connectivity index (χ1) is 13.5. The molecule has 3 rings (SSSR count). The Hall–Kier alpha value is -2.62. The molecule has 2 aromatic carbocycles. The number of rotatable bonds is 8. The van der Waals surface area contributed by atoms with E-state index in [1.165, 1.54) is 10.8 Å². The van der Waals surface area contributed by atoms with E-state index < -0.39 is 0 Å². The van der Waals surface area contributed by atoms with Gasteiger partial charge in [0, 0.05) is 24.2 Å². The average Bonchev–Trinajstić information content (AvgIpc) is 2.66. The van der Waals surface area contributed by atoms with E-state index in [1.807, 2.05) is 26.0 Å². The summed E-state index contributed by atoms with van der Waals surface area (Å²) in [5, 5.41) is 2.37. The molecule has 3 aromatic rings. The summed E-state index contributed by atoms with van der Waals surface area (Å²) in [5.74, 6) is 0.0571. The number of benzene rings is 2. The highest BCUT2D eigenvalue weighted by Crippen LogP contribution is 2.21. The van der Waals surface area contributed by atoms with Gasteiger partial charge in [0.15, 0.2) is 0 Å². The molecular weight excluding hydrogens is 348 g/mol. The first kappa shape index (κ1) is 20.1. The Morgan fingerprint density at radius 1 is 0.964 bits per heavy atom. The summed E-state index contributed by atoms with van der Waals surface area (Å²) in [5.41, 5.74) is 2.16. The van der Waals surface area contributed by atoms with Gasteiger partial charge in [-0.25, -0.2) is 4.79 Å². The number of nitrogens with one attached hydrogen (secondary N) is 1. The lowest BCUT2D eigenvalue weighted by Crippen LogP contribution is -2.36. The lowest BCUT2D eigenvalue weighted by atomic mass is 9.96. The molecule has 0 saturated heterocycles. The molecule has 0 atom stereocenters. The van der Waals surface area contributed by atoms with Crippen molar-refractivity contribution in [1.29, 1.82) is 0 Å². The minimum Gasteiger partial charge on any atom is -0.297 e. The monoisotopic (exact) mass is 378 g/mol. The highest BCUT2D eigenvalue weighted by Gasteiger charge is 2.18. The maximum Gasteiger partial charge on any atom is 0.328 e. The molecule has 0 fully saturated rings. The fourth-order valence-corrected chi connectivity index (χ4v) is 3.89. The van der Waals surface area contributed by atoms with Crippen LogP contribution in [0.4, 0.5) is 0 Å². The molecule has 0 aliphatic rings. The molecule has 1 aromatic heterocycles. The van der Waals surface area contributed by atoms with E-state index in [0.717, 1.165) is 42.5 Å². The van der Waals surface area contributed by atoms with Crippen LogP contribution in [-0.4, -0.2) is 9.55 Å². The number of nitrogens with zero attached hydrogens (tertiary/aromatic N) is 1. The molecule has 0 aliphatic heterocycles. The van der Waals surface area contributed by atoms with Gasteiger partial charge in [-0.15, -0.1) is 0 Å². The zero-order chi connectivity index (χ0) is 20.1. The molecule has 4 nitrogen and oxygen atoms in total. The second-order valence-corrected chi connectivity index (χ2v) is 7.84. The van der Waals surface area contributed by atoms with Gasteiger partial charge in [-0.2, -0.15) is 0 Å². The fourth-order valence-electron chi connectivity index (χ4n) is 3.89. The van der Waals surface area contributed by atoms with Gasteiger partial charge < -0.3 is 0 Å². The Labute approximate surface area is 166 Å². The van der Waals surface area contributed by atoms with Crippen LogP contribution in [0.5, 0.6) is 0 Å². The van der Waals surface area contributed by atoms with Gasteiger partial charge in [-0.05, 0) is 28.7 Å². The first-order valence-electron chi connectivity index (χ1n) is 10.3. The standard InChI is InChI=1S/C24H30N2O2/c1-4-5-6-9-14-26-21(22(17(2)3)23(27)25-24(26)28)16-18-12-13-19-10-7-8-11-20(19)15-18/h7-8,10-13,15,17H,4-6,9,14,16H2,1-3H3,(H,25,27,28). The molecule has 0 spiro atoms. The molecule has 1 heterocycles. The molecule has 0 bridgehead atoms. The van der Waals surface area contributed by atoms with Crippen LogP contribution < -0.4 is 11.2 Å². The summed E-state index contributed by atoms with van der Waals surface area (Å²) in [7, 11) is 0. The van der Waals surface area contributed by atoms with Crippen LogP contribution >= 0.6 is 0 Å². The van der Waals surface area contributed by atoms with Crippen molar-refractivity contribution in [1.82, 2.24) is 9.55 Å². The minimum atomic E-state index is -0.290. The van der Waals surface area contributed by atoms with Crippen LogP contribution in [0, 0.1) is 0 Å². The van der Waals surface area contributed by atoms with E-state index in [-0.39, 0.29) is 17.2 Å². The van der Waals surface area contributed by atoms with Crippen molar-refractivity contribution in [3.8, 4) is 0 Å². The lowest BCUT2D eigenvalue weighted by Gasteiger charge is -2.18. The third-order valence-electron chi connectivity index (χ3n) is 5.35. The Balaban J connectivity index is 2.04. The maximum absolute atomic E-state index is 12.6. The first-order valence-corrected chi connectivity index (χ1v) is 10.3. The number of hydrogen-bond donors (Lipinski definition) is 1. The number of unbranched alkanes of at least 4 members (excludes halogenated alkanes) is 3. The summed E-state index contributed by atoms with van der Waals surface area (Å²) in [6.45, 7) is 6.85. The molecule has 148 valence electrons. The zero-order valence-corrected chi connectivity index (χ0v) is 17.1. The summed E-state index contributed by atoms with van der Waals surface area (Å²) < 4.78 is 1.79. The van der Waals surface area contributed by atoms with Gasteiger partial charge in [0.2, 0.25) is 0 Å². The third-order valence-corrected chi connectivity index (χ3v) is 5.35. The van der Waals surface area contributed by atoms with E-state index in [1.54, 1.807) is 4.57 Å². The Morgan fingerprint density at radius 3 is 2.43 bits per heavy atom. The molecule has 0 aliphatic carbocycles. The summed E-state index contributed by atoms with van der Waals surface area (Å²) in [6, 6.07) is 14.6. The van der Waals surface area contributed by atoms with Crippen LogP contribution in [0.1, 0.15) is 69.2 Å². The van der Waals surface area contributed by atoms with Crippen molar-refractivity contribution in [2.45, 2.75) is 65.3 Å². The fraction of sp³-hybridized carbons (Fsp3) is 0.417. The van der Waals surface area contributed by atoms with Gasteiger partial charge in [-0.1, -0.05) is 82.5 Å². The highest BCUT2D eigenvalue weighted by molar-refractivity contribution is 5.83. The Bertz CT molecular complexity index is 1060. The van der Waals surface area contributed by atoms with Crippen LogP contribution in [-0.2, 0) is 13.0 Å². The smallest absolute Gasteiger partial charge is 0.297 e. The number of aromatic amines is 1. The Kier molecular flexibility index (Phi) is 6.50. The van der Waals surface area contributed by atoms with E-state index in [9.17, 15) is 9.59 Å². The van der Waals surface area contributed by atoms with Crippen molar-refractivity contribution >= 4 is 10.8 Å². The van der Waals surface area contributed by atoms with Crippen LogP contribution in [0.15, 0.2) is 52.1 Å². The van der Waals surface area contributed by atoms with Crippen molar-refractivity contribution in [2.24, 2.45) is 0 Å². The van der Waals surface area contributed by atoms with E-state index >= 15 is 0 Å². The molecular formula is C24H30N2O2. The lowest BCUT2D eigenvalue weighted by molar-refractivity contribution is 0.537. The largest absolute Gasteiger partial charge is 0.328 e. The molecule has 28 heavy (non-hydrogen) atoms. The van der Waals surface area contributed by atoms with E-state index in [2.05, 4.69) is 42.2 Å². The van der Waals surface area contributed by atoms with Crippen LogP contribution in [0.2, 0.25) is 0 Å². The van der Waals surface area contributed by atoms with Gasteiger partial charge >= 0.3 is 5.69 Å². The molecule has 1 N–H and O–H groups in total. The number of aromatic nitrogens is 2. The predicted octanol–water partition coefficient (Wildman–Crippen LogP) is 4.98. The van der Waals surface area contributed by atoms with Crippen LogP contribution in [0.25, 0.3) is 10.8 Å². The topological polar surface area (TPSA) is 54.9 Å². The molecule has 0 radical (unpaired) electrons. The number of H-pyrrole nitrogens is 1. The average molecular weight is 379 g/mol. The van der Waals surface area contributed by atoms with E-state index in [0.29, 0.717) is 13.0 Å². The zero-order valence-electron chi connectivity index (χ0n) is 17.1. The van der Waals surface area contributed by atoms with Gasteiger partial charge in [0.1, 0.15) is 0 Å². The normalized spacial score (nSPS) is 11.4. The third kappa shape index (κ3) is 4.44. The van der Waals surface area contributed by atoms with Crippen molar-refractivity contribution < 1.29 is 0 Å². The van der Waals surface area contributed by atoms with E-state index in [4.69, 9.17) is 0 Å². The van der Waals surface area contributed by atoms with Gasteiger partial charge in [0.25, 0.3) is 5.56 Å². The number of fused-ring (bicyclic) bond motifs is 1. The second-order valence-electron chi connectivity index (χ2n) is 7.84. The molecule has 0 amide bonds. The SMILES string of the molecule is CCCCCCn1c(Cc2ccc3ccccc3c2)c(C(C)C)c(=O)[nH]c1=O. The molecule has 4 heteroatoms. The summed E-state index contributed by atoms with van der Waals surface area (Å²) in [4.78, 5) is 27.7. The predicted molar refractivity (Wildman–Crippen MR) is 116 cm³/mol.